The van der Waals surface area contributed by atoms with Crippen molar-refractivity contribution in [1.82, 2.24) is 9.97 Å². The summed E-state index contributed by atoms with van der Waals surface area (Å²) in [6, 6.07) is 4.03. The van der Waals surface area contributed by atoms with Gasteiger partial charge in [0.25, 0.3) is 0 Å². The summed E-state index contributed by atoms with van der Waals surface area (Å²) in [5.41, 5.74) is 6.86. The molecule has 0 saturated carbocycles. The molecule has 0 fully saturated rings. The highest BCUT2D eigenvalue weighted by molar-refractivity contribution is 9.11. The van der Waals surface area contributed by atoms with Gasteiger partial charge in [-0.05, 0) is 28.1 Å². The Morgan fingerprint density at radius 2 is 2.27 bits per heavy atom. The van der Waals surface area contributed by atoms with Crippen LogP contribution >= 0.6 is 27.3 Å². The summed E-state index contributed by atoms with van der Waals surface area (Å²) in [5.74, 6) is 0. The minimum absolute atomic E-state index is 0.0794. The van der Waals surface area contributed by atoms with Crippen LogP contribution in [0.2, 0.25) is 0 Å². The fraction of sp³-hybridized carbons (Fsp3) is 0.200. The second kappa shape index (κ2) is 4.83. The van der Waals surface area contributed by atoms with Gasteiger partial charge in [-0.15, -0.1) is 11.3 Å². The Morgan fingerprint density at radius 3 is 2.87 bits per heavy atom. The van der Waals surface area contributed by atoms with Crippen molar-refractivity contribution in [3.8, 4) is 0 Å². The van der Waals surface area contributed by atoms with Crippen molar-refractivity contribution < 1.29 is 0 Å². The van der Waals surface area contributed by atoms with Crippen LogP contribution in [0.3, 0.4) is 0 Å². The Kier molecular flexibility index (Phi) is 3.45. The van der Waals surface area contributed by atoms with Crippen molar-refractivity contribution in [3.05, 3.63) is 45.1 Å². The SMILES string of the molecule is NC(Cc1ccc(Br)s1)c1cnccn1. The van der Waals surface area contributed by atoms with E-state index >= 15 is 0 Å². The van der Waals surface area contributed by atoms with Gasteiger partial charge in [0.1, 0.15) is 0 Å². The van der Waals surface area contributed by atoms with Gasteiger partial charge in [0.2, 0.25) is 0 Å². The van der Waals surface area contributed by atoms with Crippen molar-refractivity contribution >= 4 is 27.3 Å². The third-order valence-electron chi connectivity index (χ3n) is 2.01. The molecule has 0 aliphatic heterocycles. The lowest BCUT2D eigenvalue weighted by Crippen LogP contribution is -2.14. The second-order valence-electron chi connectivity index (χ2n) is 3.15. The quantitative estimate of drug-likeness (QED) is 0.942. The zero-order chi connectivity index (χ0) is 10.7. The summed E-state index contributed by atoms with van der Waals surface area (Å²) in [4.78, 5) is 9.44. The zero-order valence-electron chi connectivity index (χ0n) is 7.93. The first-order chi connectivity index (χ1) is 7.25. The number of rotatable bonds is 3. The third kappa shape index (κ3) is 2.84. The molecule has 0 spiro atoms. The van der Waals surface area contributed by atoms with Crippen molar-refractivity contribution in [1.29, 1.82) is 0 Å². The fourth-order valence-corrected chi connectivity index (χ4v) is 2.83. The van der Waals surface area contributed by atoms with Gasteiger partial charge in [0.15, 0.2) is 0 Å². The van der Waals surface area contributed by atoms with Gasteiger partial charge in [-0.1, -0.05) is 0 Å². The molecule has 0 saturated heterocycles. The van der Waals surface area contributed by atoms with Gasteiger partial charge < -0.3 is 5.73 Å². The van der Waals surface area contributed by atoms with E-state index in [-0.39, 0.29) is 6.04 Å². The first-order valence-corrected chi connectivity index (χ1v) is 6.12. The molecule has 2 aromatic heterocycles. The molecule has 1 atom stereocenters. The van der Waals surface area contributed by atoms with Crippen molar-refractivity contribution in [2.24, 2.45) is 5.73 Å². The minimum atomic E-state index is -0.0794. The lowest BCUT2D eigenvalue weighted by molar-refractivity contribution is 0.698. The molecule has 0 aliphatic carbocycles. The molecule has 78 valence electrons. The van der Waals surface area contributed by atoms with E-state index in [2.05, 4.69) is 32.0 Å². The predicted octanol–water partition coefficient (Wildman–Crippen LogP) is 2.54. The second-order valence-corrected chi connectivity index (χ2v) is 5.69. The van der Waals surface area contributed by atoms with E-state index in [0.29, 0.717) is 0 Å². The van der Waals surface area contributed by atoms with E-state index in [9.17, 15) is 0 Å². The number of hydrogen-bond donors (Lipinski definition) is 1. The van der Waals surface area contributed by atoms with Crippen LogP contribution in [0.25, 0.3) is 0 Å². The predicted molar refractivity (Wildman–Crippen MR) is 64.7 cm³/mol. The molecule has 2 rings (SSSR count). The number of nitrogens with two attached hydrogens (primary N) is 1. The first-order valence-electron chi connectivity index (χ1n) is 4.51. The van der Waals surface area contributed by atoms with Crippen LogP contribution in [0, 0.1) is 0 Å². The summed E-state index contributed by atoms with van der Waals surface area (Å²) >= 11 is 5.13. The van der Waals surface area contributed by atoms with Crippen LogP contribution in [0.5, 0.6) is 0 Å². The van der Waals surface area contributed by atoms with Crippen LogP contribution in [-0.2, 0) is 6.42 Å². The van der Waals surface area contributed by atoms with E-state index in [1.807, 2.05) is 6.07 Å². The van der Waals surface area contributed by atoms with Crippen molar-refractivity contribution in [2.45, 2.75) is 12.5 Å². The van der Waals surface area contributed by atoms with Gasteiger partial charge in [-0.3, -0.25) is 9.97 Å². The molecule has 15 heavy (non-hydrogen) atoms. The molecule has 5 heteroatoms. The Balaban J connectivity index is 2.07. The Hall–Kier alpha value is -0.780. The molecule has 2 N–H and O–H groups in total. The molecule has 2 aromatic rings. The number of thiophene rings is 1. The van der Waals surface area contributed by atoms with Crippen LogP contribution in [-0.4, -0.2) is 9.97 Å². The third-order valence-corrected chi connectivity index (χ3v) is 3.66. The molecule has 1 unspecified atom stereocenters. The van der Waals surface area contributed by atoms with Crippen molar-refractivity contribution in [2.75, 3.05) is 0 Å². The Bertz CT molecular complexity index is 429. The van der Waals surface area contributed by atoms with Crippen molar-refractivity contribution in [3.63, 3.8) is 0 Å². The van der Waals surface area contributed by atoms with E-state index < -0.39 is 0 Å². The average Bonchev–Trinajstić information content (AvgIpc) is 2.65. The van der Waals surface area contributed by atoms with Gasteiger partial charge >= 0.3 is 0 Å². The van der Waals surface area contributed by atoms with Gasteiger partial charge in [-0.25, -0.2) is 0 Å². The van der Waals surface area contributed by atoms with Crippen LogP contribution < -0.4 is 5.73 Å². The Morgan fingerprint density at radius 1 is 1.40 bits per heavy atom. The summed E-state index contributed by atoms with van der Waals surface area (Å²) in [6.07, 6.45) is 5.83. The van der Waals surface area contributed by atoms with Gasteiger partial charge in [0.05, 0.1) is 15.5 Å². The van der Waals surface area contributed by atoms with E-state index in [1.165, 1.54) is 4.88 Å². The van der Waals surface area contributed by atoms with Crippen LogP contribution in [0.1, 0.15) is 16.6 Å². The smallest absolute Gasteiger partial charge is 0.0757 e. The lowest BCUT2D eigenvalue weighted by atomic mass is 10.1. The number of halogens is 1. The Labute approximate surface area is 101 Å². The van der Waals surface area contributed by atoms with Crippen LogP contribution in [0.4, 0.5) is 0 Å². The highest BCUT2D eigenvalue weighted by Gasteiger charge is 2.09. The normalized spacial score (nSPS) is 12.7. The maximum absolute atomic E-state index is 6.03. The highest BCUT2D eigenvalue weighted by atomic mass is 79.9. The molecule has 0 aliphatic rings. The summed E-state index contributed by atoms with van der Waals surface area (Å²) < 4.78 is 1.13. The lowest BCUT2D eigenvalue weighted by Gasteiger charge is -2.08. The van der Waals surface area contributed by atoms with Gasteiger partial charge in [-0.2, -0.15) is 0 Å². The molecular weight excluding hydrogens is 274 g/mol. The monoisotopic (exact) mass is 283 g/mol. The summed E-state index contributed by atoms with van der Waals surface area (Å²) in [7, 11) is 0. The van der Waals surface area contributed by atoms with Crippen LogP contribution in [0.15, 0.2) is 34.5 Å². The maximum Gasteiger partial charge on any atom is 0.0757 e. The van der Waals surface area contributed by atoms with Gasteiger partial charge in [0, 0.05) is 29.9 Å². The fourth-order valence-electron chi connectivity index (χ4n) is 1.28. The van der Waals surface area contributed by atoms with E-state index in [0.717, 1.165) is 15.9 Å². The largest absolute Gasteiger partial charge is 0.322 e. The molecular formula is C10H10BrN3S. The zero-order valence-corrected chi connectivity index (χ0v) is 10.3. The summed E-state index contributed by atoms with van der Waals surface area (Å²) in [5, 5.41) is 0. The topological polar surface area (TPSA) is 51.8 Å². The minimum Gasteiger partial charge on any atom is -0.322 e. The number of aromatic nitrogens is 2. The highest BCUT2D eigenvalue weighted by Crippen LogP contribution is 2.25. The average molecular weight is 284 g/mol. The molecule has 0 amide bonds. The molecule has 0 bridgehead atoms. The number of nitrogens with zero attached hydrogens (tertiary/aromatic N) is 2. The summed E-state index contributed by atoms with van der Waals surface area (Å²) in [6.45, 7) is 0. The molecule has 2 heterocycles. The molecule has 3 nitrogen and oxygen atoms in total. The molecule has 0 radical (unpaired) electrons. The first kappa shape index (κ1) is 10.7. The standard InChI is InChI=1S/C10H10BrN3S/c11-10-2-1-7(15-10)5-8(12)9-6-13-3-4-14-9/h1-4,6,8H,5,12H2. The van der Waals surface area contributed by atoms with E-state index in [4.69, 9.17) is 5.73 Å². The number of hydrogen-bond acceptors (Lipinski definition) is 4. The molecule has 0 aromatic carbocycles. The van der Waals surface area contributed by atoms with E-state index in [1.54, 1.807) is 29.9 Å². The maximum atomic E-state index is 6.03.